The Morgan fingerprint density at radius 2 is 2.00 bits per heavy atom. The van der Waals surface area contributed by atoms with Crippen molar-refractivity contribution in [2.24, 2.45) is 0 Å². The highest BCUT2D eigenvalue weighted by Crippen LogP contribution is 2.41. The Hall–Kier alpha value is -3.50. The Morgan fingerprint density at radius 1 is 1.14 bits per heavy atom. The molecule has 0 atom stereocenters. The zero-order valence-corrected chi connectivity index (χ0v) is 21.2. The molecule has 0 spiro atoms. The van der Waals surface area contributed by atoms with Crippen LogP contribution in [0.5, 0.6) is 17.5 Å². The van der Waals surface area contributed by atoms with Gasteiger partial charge < -0.3 is 24.3 Å². The average Bonchev–Trinajstić information content (AvgIpc) is 2.95. The number of rotatable bonds is 8. The number of pyridine rings is 3. The van der Waals surface area contributed by atoms with Gasteiger partial charge in [0.1, 0.15) is 12.1 Å². The number of esters is 1. The Balaban J connectivity index is 1.31. The zero-order chi connectivity index (χ0) is 25.4. The normalized spacial score (nSPS) is 22.5. The summed E-state index contributed by atoms with van der Waals surface area (Å²) in [7, 11) is 3.23. The third kappa shape index (κ3) is 4.55. The number of fused-ring (bicyclic) bond motifs is 5. The van der Waals surface area contributed by atoms with E-state index in [-0.39, 0.29) is 18.1 Å². The van der Waals surface area contributed by atoms with Gasteiger partial charge in [-0.2, -0.15) is 0 Å². The summed E-state index contributed by atoms with van der Waals surface area (Å²) in [5.41, 5.74) is 4.13. The van der Waals surface area contributed by atoms with Gasteiger partial charge in [-0.25, -0.2) is 14.8 Å². The van der Waals surface area contributed by atoms with Crippen LogP contribution in [0.4, 0.5) is 5.69 Å². The van der Waals surface area contributed by atoms with Crippen LogP contribution >= 0.6 is 0 Å². The predicted octanol–water partition coefficient (Wildman–Crippen LogP) is 3.13. The van der Waals surface area contributed by atoms with Crippen molar-refractivity contribution in [1.82, 2.24) is 19.9 Å². The molecule has 1 saturated carbocycles. The first-order chi connectivity index (χ1) is 18.1. The van der Waals surface area contributed by atoms with Crippen LogP contribution in [0.3, 0.4) is 0 Å². The summed E-state index contributed by atoms with van der Waals surface area (Å²) < 4.78 is 22.5. The SMILES string of the molecule is COc1cc(OC)c2nccc(CCN(Cc3ccc4c(n3)OC(=O)CN4)C34CCC(CC3)OC4)c2n1. The lowest BCUT2D eigenvalue weighted by Gasteiger charge is -2.52. The molecule has 3 aromatic rings. The Kier molecular flexibility index (Phi) is 6.29. The number of nitrogens with zero attached hydrogens (tertiary/aromatic N) is 4. The molecular weight excluding hydrogens is 474 g/mol. The molecule has 1 aliphatic carbocycles. The minimum absolute atomic E-state index is 0.0487. The second-order valence-corrected chi connectivity index (χ2v) is 9.92. The Morgan fingerprint density at radius 3 is 2.76 bits per heavy atom. The fourth-order valence-corrected chi connectivity index (χ4v) is 5.73. The monoisotopic (exact) mass is 505 g/mol. The number of ether oxygens (including phenoxy) is 4. The fourth-order valence-electron chi connectivity index (χ4n) is 5.73. The van der Waals surface area contributed by atoms with Crippen molar-refractivity contribution >= 4 is 22.7 Å². The number of carbonyl (C=O) groups excluding carboxylic acids is 1. The maximum atomic E-state index is 11.8. The molecule has 3 aliphatic heterocycles. The highest BCUT2D eigenvalue weighted by molar-refractivity contribution is 5.84. The van der Waals surface area contributed by atoms with E-state index in [0.717, 1.165) is 73.2 Å². The van der Waals surface area contributed by atoms with Gasteiger partial charge in [0.15, 0.2) is 5.75 Å². The zero-order valence-electron chi connectivity index (χ0n) is 21.2. The summed E-state index contributed by atoms with van der Waals surface area (Å²) in [6, 6.07) is 7.71. The quantitative estimate of drug-likeness (QED) is 0.459. The van der Waals surface area contributed by atoms with E-state index < -0.39 is 0 Å². The summed E-state index contributed by atoms with van der Waals surface area (Å²) in [6.45, 7) is 2.29. The van der Waals surface area contributed by atoms with E-state index in [0.29, 0.717) is 30.2 Å². The van der Waals surface area contributed by atoms with Crippen LogP contribution in [0, 0.1) is 0 Å². The van der Waals surface area contributed by atoms with Gasteiger partial charge in [0.25, 0.3) is 0 Å². The minimum Gasteiger partial charge on any atom is -0.494 e. The molecule has 10 nitrogen and oxygen atoms in total. The van der Waals surface area contributed by atoms with E-state index in [1.807, 2.05) is 18.2 Å². The molecule has 0 radical (unpaired) electrons. The van der Waals surface area contributed by atoms with Gasteiger partial charge in [-0.1, -0.05) is 0 Å². The molecule has 3 aromatic heterocycles. The van der Waals surface area contributed by atoms with Gasteiger partial charge in [0, 0.05) is 30.9 Å². The number of methoxy groups -OCH3 is 2. The maximum absolute atomic E-state index is 11.8. The van der Waals surface area contributed by atoms with E-state index in [2.05, 4.69) is 20.2 Å². The number of carbonyl (C=O) groups is 1. The second-order valence-electron chi connectivity index (χ2n) is 9.92. The summed E-state index contributed by atoms with van der Waals surface area (Å²) >= 11 is 0. The number of nitrogens with one attached hydrogen (secondary N) is 1. The molecule has 2 saturated heterocycles. The molecule has 0 amide bonds. The highest BCUT2D eigenvalue weighted by Gasteiger charge is 2.45. The molecule has 194 valence electrons. The van der Waals surface area contributed by atoms with Gasteiger partial charge >= 0.3 is 5.97 Å². The molecule has 3 fully saturated rings. The number of anilines is 1. The lowest BCUT2D eigenvalue weighted by atomic mass is 9.76. The van der Waals surface area contributed by atoms with Gasteiger partial charge in [0.2, 0.25) is 11.8 Å². The minimum atomic E-state index is -0.325. The summed E-state index contributed by atoms with van der Waals surface area (Å²) in [5.74, 6) is 1.15. The van der Waals surface area contributed by atoms with Crippen LogP contribution in [-0.2, 0) is 22.5 Å². The van der Waals surface area contributed by atoms with Crippen LogP contribution in [0.1, 0.15) is 36.9 Å². The van der Waals surface area contributed by atoms with Gasteiger partial charge in [-0.3, -0.25) is 9.88 Å². The van der Waals surface area contributed by atoms with Gasteiger partial charge in [-0.15, -0.1) is 0 Å². The fraction of sp³-hybridized carbons (Fsp3) is 0.481. The molecule has 0 aromatic carbocycles. The highest BCUT2D eigenvalue weighted by atomic mass is 16.5. The van der Waals surface area contributed by atoms with Crippen molar-refractivity contribution in [3.63, 3.8) is 0 Å². The topological polar surface area (TPSA) is 108 Å². The second kappa shape index (κ2) is 9.75. The van der Waals surface area contributed by atoms with Crippen LogP contribution < -0.4 is 19.5 Å². The first-order valence-corrected chi connectivity index (χ1v) is 12.7. The first kappa shape index (κ1) is 23.9. The van der Waals surface area contributed by atoms with Gasteiger partial charge in [0.05, 0.1) is 43.8 Å². The summed E-state index contributed by atoms with van der Waals surface area (Å²) in [5, 5.41) is 3.06. The van der Waals surface area contributed by atoms with E-state index >= 15 is 0 Å². The van der Waals surface area contributed by atoms with E-state index in [4.69, 9.17) is 23.9 Å². The molecule has 10 heteroatoms. The van der Waals surface area contributed by atoms with Crippen molar-refractivity contribution < 1.29 is 23.7 Å². The number of hydrogen-bond donors (Lipinski definition) is 1. The molecule has 37 heavy (non-hydrogen) atoms. The molecule has 1 N–H and O–H groups in total. The van der Waals surface area contributed by atoms with Crippen LogP contribution in [0.2, 0.25) is 0 Å². The predicted molar refractivity (Wildman–Crippen MR) is 136 cm³/mol. The first-order valence-electron chi connectivity index (χ1n) is 12.7. The standard InChI is InChI=1S/C27H31N5O5/c1-34-21-13-22(35-2)31-24-17(7-11-28-25(21)24)8-12-32(27-9-5-19(6-10-27)36-16-27)15-18-3-4-20-26(30-18)37-23(33)14-29-20/h3-4,7,11,13,19,29H,5-6,8-10,12,14-16H2,1-2H3. The lowest BCUT2D eigenvalue weighted by molar-refractivity contribution is -0.138. The molecular formula is C27H31N5O5. The van der Waals surface area contributed by atoms with E-state index in [9.17, 15) is 4.79 Å². The van der Waals surface area contributed by atoms with Crippen LogP contribution in [-0.4, -0.2) is 71.4 Å². The number of hydrogen-bond acceptors (Lipinski definition) is 10. The summed E-state index contributed by atoms with van der Waals surface area (Å²) in [4.78, 5) is 28.2. The third-order valence-corrected chi connectivity index (χ3v) is 7.82. The third-order valence-electron chi connectivity index (χ3n) is 7.82. The van der Waals surface area contributed by atoms with Crippen LogP contribution in [0.15, 0.2) is 30.5 Å². The molecule has 6 heterocycles. The maximum Gasteiger partial charge on any atom is 0.332 e. The molecule has 0 unspecified atom stereocenters. The van der Waals surface area contributed by atoms with E-state index in [1.54, 1.807) is 26.5 Å². The molecule has 4 aliphatic rings. The molecule has 2 bridgehead atoms. The Labute approximate surface area is 215 Å². The lowest BCUT2D eigenvalue weighted by Crippen LogP contribution is -2.59. The summed E-state index contributed by atoms with van der Waals surface area (Å²) in [6.07, 6.45) is 7.27. The van der Waals surface area contributed by atoms with Gasteiger partial charge in [-0.05, 0) is 55.9 Å². The largest absolute Gasteiger partial charge is 0.494 e. The van der Waals surface area contributed by atoms with Crippen LogP contribution in [0.25, 0.3) is 11.0 Å². The Bertz CT molecular complexity index is 1310. The number of aromatic nitrogens is 3. The van der Waals surface area contributed by atoms with Crippen molar-refractivity contribution in [1.29, 1.82) is 0 Å². The average molecular weight is 506 g/mol. The van der Waals surface area contributed by atoms with Crippen molar-refractivity contribution in [2.45, 2.75) is 50.3 Å². The van der Waals surface area contributed by atoms with Crippen molar-refractivity contribution in [3.05, 3.63) is 41.7 Å². The smallest absolute Gasteiger partial charge is 0.332 e. The van der Waals surface area contributed by atoms with Crippen molar-refractivity contribution in [2.75, 3.05) is 39.2 Å². The molecule has 7 rings (SSSR count). The van der Waals surface area contributed by atoms with E-state index in [1.165, 1.54) is 0 Å². The van der Waals surface area contributed by atoms with Crippen molar-refractivity contribution in [3.8, 4) is 17.5 Å².